The summed E-state index contributed by atoms with van der Waals surface area (Å²) in [6.07, 6.45) is -1.21. The highest BCUT2D eigenvalue weighted by atomic mass is 19.4. The minimum Gasteiger partial charge on any atom is -0.329 e. The number of aryl methyl sites for hydroxylation is 2. The lowest BCUT2D eigenvalue weighted by Crippen LogP contribution is -2.38. The molecule has 0 unspecified atom stereocenters. The van der Waals surface area contributed by atoms with Crippen LogP contribution in [0.3, 0.4) is 0 Å². The molecule has 0 aliphatic rings. The van der Waals surface area contributed by atoms with Crippen LogP contribution in [0, 0.1) is 18.3 Å². The summed E-state index contributed by atoms with van der Waals surface area (Å²) < 4.78 is 39.9. The molecular weight excluding hydrogens is 333 g/mol. The average molecular weight is 350 g/mol. The van der Waals surface area contributed by atoms with Crippen molar-refractivity contribution in [2.75, 3.05) is 6.54 Å². The van der Waals surface area contributed by atoms with Crippen LogP contribution in [0.1, 0.15) is 23.1 Å². The average Bonchev–Trinajstić information content (AvgIpc) is 2.97. The molecule has 2 rings (SSSR count). The summed E-state index contributed by atoms with van der Waals surface area (Å²) in [5.74, 6) is -0.602. The molecule has 25 heavy (non-hydrogen) atoms. The first-order valence-corrected chi connectivity index (χ1v) is 7.59. The Morgan fingerprint density at radius 2 is 2.00 bits per heavy atom. The van der Waals surface area contributed by atoms with E-state index in [1.54, 1.807) is 24.5 Å². The number of alkyl halides is 3. The van der Waals surface area contributed by atoms with Crippen LogP contribution in [0.15, 0.2) is 36.7 Å². The lowest BCUT2D eigenvalue weighted by Gasteiger charge is -2.24. The Hall–Kier alpha value is -2.82. The molecule has 0 saturated carbocycles. The molecule has 8 heteroatoms. The highest BCUT2D eigenvalue weighted by molar-refractivity contribution is 5.76. The summed E-state index contributed by atoms with van der Waals surface area (Å²) in [5.41, 5.74) is 1.86. The molecule has 0 saturated heterocycles. The van der Waals surface area contributed by atoms with Crippen molar-refractivity contribution in [1.29, 1.82) is 5.26 Å². The molecular formula is C17H17F3N4O. The lowest BCUT2D eigenvalue weighted by atomic mass is 10.1. The number of nitriles is 1. The maximum Gasteiger partial charge on any atom is 0.406 e. The SMILES string of the molecule is Cc1cnn(CCC(=O)N(Cc2ccc(C#N)cc2)CC(F)(F)F)c1. The van der Waals surface area contributed by atoms with Crippen LogP contribution in [0.25, 0.3) is 0 Å². The number of rotatable bonds is 6. The van der Waals surface area contributed by atoms with Gasteiger partial charge in [-0.3, -0.25) is 9.48 Å². The summed E-state index contributed by atoms with van der Waals surface area (Å²) >= 11 is 0. The Bertz CT molecular complexity index is 759. The van der Waals surface area contributed by atoms with Gasteiger partial charge in [0.2, 0.25) is 5.91 Å². The molecule has 1 amide bonds. The van der Waals surface area contributed by atoms with Gasteiger partial charge in [0.05, 0.1) is 17.8 Å². The second-order valence-corrected chi connectivity index (χ2v) is 5.70. The van der Waals surface area contributed by atoms with Crippen molar-refractivity contribution in [2.45, 2.75) is 32.6 Å². The van der Waals surface area contributed by atoms with Crippen molar-refractivity contribution in [1.82, 2.24) is 14.7 Å². The van der Waals surface area contributed by atoms with Gasteiger partial charge in [-0.2, -0.15) is 23.5 Å². The zero-order valence-corrected chi connectivity index (χ0v) is 13.6. The van der Waals surface area contributed by atoms with Crippen LogP contribution < -0.4 is 0 Å². The van der Waals surface area contributed by atoms with E-state index >= 15 is 0 Å². The summed E-state index contributed by atoms with van der Waals surface area (Å²) in [6, 6.07) is 8.06. The number of hydrogen-bond acceptors (Lipinski definition) is 3. The van der Waals surface area contributed by atoms with E-state index in [2.05, 4.69) is 5.10 Å². The quantitative estimate of drug-likeness (QED) is 0.804. The molecule has 1 heterocycles. The predicted molar refractivity (Wildman–Crippen MR) is 84.2 cm³/mol. The van der Waals surface area contributed by atoms with Crippen molar-refractivity contribution >= 4 is 5.91 Å². The summed E-state index contributed by atoms with van der Waals surface area (Å²) in [7, 11) is 0. The third-order valence-corrected chi connectivity index (χ3v) is 3.50. The van der Waals surface area contributed by atoms with E-state index in [1.165, 1.54) is 16.8 Å². The van der Waals surface area contributed by atoms with Crippen LogP contribution in [-0.2, 0) is 17.9 Å². The fourth-order valence-corrected chi connectivity index (χ4v) is 2.31. The molecule has 0 bridgehead atoms. The maximum atomic E-state index is 12.8. The topological polar surface area (TPSA) is 61.9 Å². The zero-order chi connectivity index (χ0) is 18.4. The number of amides is 1. The van der Waals surface area contributed by atoms with Crippen LogP contribution in [0.5, 0.6) is 0 Å². The molecule has 1 aromatic heterocycles. The number of halogens is 3. The number of carbonyl (C=O) groups is 1. The minimum atomic E-state index is -4.48. The van der Waals surface area contributed by atoms with Gasteiger partial charge in [0.25, 0.3) is 0 Å². The lowest BCUT2D eigenvalue weighted by molar-refractivity contribution is -0.162. The fraction of sp³-hybridized carbons (Fsp3) is 0.353. The van der Waals surface area contributed by atoms with Crippen LogP contribution in [0.2, 0.25) is 0 Å². The highest BCUT2D eigenvalue weighted by Gasteiger charge is 2.32. The highest BCUT2D eigenvalue weighted by Crippen LogP contribution is 2.19. The van der Waals surface area contributed by atoms with Gasteiger partial charge in [-0.25, -0.2) is 0 Å². The minimum absolute atomic E-state index is 0.0759. The first-order chi connectivity index (χ1) is 11.8. The largest absolute Gasteiger partial charge is 0.406 e. The van der Waals surface area contributed by atoms with Crippen LogP contribution >= 0.6 is 0 Å². The van der Waals surface area contributed by atoms with Crippen molar-refractivity contribution in [3.63, 3.8) is 0 Å². The third kappa shape index (κ3) is 5.95. The van der Waals surface area contributed by atoms with E-state index < -0.39 is 18.6 Å². The number of nitrogens with zero attached hydrogens (tertiary/aromatic N) is 4. The molecule has 5 nitrogen and oxygen atoms in total. The van der Waals surface area contributed by atoms with Gasteiger partial charge < -0.3 is 4.90 Å². The fourth-order valence-electron chi connectivity index (χ4n) is 2.31. The van der Waals surface area contributed by atoms with E-state index in [0.717, 1.165) is 10.5 Å². The molecule has 0 aliphatic carbocycles. The van der Waals surface area contributed by atoms with Gasteiger partial charge >= 0.3 is 6.18 Å². The Morgan fingerprint density at radius 3 is 2.52 bits per heavy atom. The van der Waals surface area contributed by atoms with Crippen molar-refractivity contribution < 1.29 is 18.0 Å². The standard InChI is InChI=1S/C17H17F3N4O/c1-13-9-22-24(10-13)7-6-16(25)23(12-17(18,19)20)11-15-4-2-14(8-21)3-5-15/h2-5,9-10H,6-7,11-12H2,1H3. The normalized spacial score (nSPS) is 11.2. The van der Waals surface area contributed by atoms with E-state index in [-0.39, 0.29) is 19.5 Å². The van der Waals surface area contributed by atoms with Crippen LogP contribution in [0.4, 0.5) is 13.2 Å². The Balaban J connectivity index is 2.05. The first kappa shape index (κ1) is 18.5. The third-order valence-electron chi connectivity index (χ3n) is 3.50. The summed E-state index contributed by atoms with van der Waals surface area (Å²) in [4.78, 5) is 13.0. The van der Waals surface area contributed by atoms with Crippen molar-refractivity contribution in [3.05, 3.63) is 53.3 Å². The monoisotopic (exact) mass is 350 g/mol. The Morgan fingerprint density at radius 1 is 1.32 bits per heavy atom. The van der Waals surface area contributed by atoms with E-state index in [9.17, 15) is 18.0 Å². The molecule has 0 spiro atoms. The summed E-state index contributed by atoms with van der Waals surface area (Å²) in [6.45, 7) is 0.576. The predicted octanol–water partition coefficient (Wildman–Crippen LogP) is 3.04. The Kier molecular flexibility index (Phi) is 5.80. The molecule has 0 N–H and O–H groups in total. The zero-order valence-electron chi connectivity index (χ0n) is 13.6. The maximum absolute atomic E-state index is 12.8. The number of carbonyl (C=O) groups excluding carboxylic acids is 1. The number of aromatic nitrogens is 2. The molecule has 132 valence electrons. The summed E-state index contributed by atoms with van der Waals surface area (Å²) in [5, 5.41) is 12.8. The van der Waals surface area contributed by atoms with Gasteiger partial charge in [-0.15, -0.1) is 0 Å². The van der Waals surface area contributed by atoms with Gasteiger partial charge in [0.15, 0.2) is 0 Å². The molecule has 0 radical (unpaired) electrons. The molecule has 0 atom stereocenters. The number of hydrogen-bond donors (Lipinski definition) is 0. The number of benzene rings is 1. The van der Waals surface area contributed by atoms with Gasteiger partial charge in [0.1, 0.15) is 6.54 Å². The molecule has 2 aromatic rings. The molecule has 0 fully saturated rings. The van der Waals surface area contributed by atoms with Crippen molar-refractivity contribution in [3.8, 4) is 6.07 Å². The van der Waals surface area contributed by atoms with Crippen LogP contribution in [-0.4, -0.2) is 33.3 Å². The molecule has 1 aromatic carbocycles. The van der Waals surface area contributed by atoms with E-state index in [1.807, 2.05) is 13.0 Å². The smallest absolute Gasteiger partial charge is 0.329 e. The Labute approximate surface area is 143 Å². The second kappa shape index (κ2) is 7.83. The van der Waals surface area contributed by atoms with Gasteiger partial charge in [0, 0.05) is 25.7 Å². The van der Waals surface area contributed by atoms with Crippen molar-refractivity contribution in [2.24, 2.45) is 0 Å². The van der Waals surface area contributed by atoms with Gasteiger partial charge in [-0.05, 0) is 30.2 Å². The first-order valence-electron chi connectivity index (χ1n) is 7.59. The van der Waals surface area contributed by atoms with E-state index in [0.29, 0.717) is 11.1 Å². The van der Waals surface area contributed by atoms with Gasteiger partial charge in [-0.1, -0.05) is 12.1 Å². The second-order valence-electron chi connectivity index (χ2n) is 5.70. The van der Waals surface area contributed by atoms with E-state index in [4.69, 9.17) is 5.26 Å². The molecule has 0 aliphatic heterocycles.